The Kier molecular flexibility index (Phi) is 3.73. The van der Waals surface area contributed by atoms with E-state index < -0.39 is 0 Å². The third kappa shape index (κ3) is 2.95. The number of hydrogen-bond acceptors (Lipinski definition) is 6. The number of nitrogen functional groups attached to an aromatic ring is 1. The second-order valence-electron chi connectivity index (χ2n) is 4.14. The van der Waals surface area contributed by atoms with Crippen molar-refractivity contribution >= 4 is 11.8 Å². The smallest absolute Gasteiger partial charge is 0.239 e. The Bertz CT molecular complexity index is 494. The summed E-state index contributed by atoms with van der Waals surface area (Å²) in [6.07, 6.45) is 5.42. The van der Waals surface area contributed by atoms with Gasteiger partial charge in [-0.15, -0.1) is 0 Å². The molecule has 0 amide bonds. The van der Waals surface area contributed by atoms with Crippen LogP contribution >= 0.6 is 0 Å². The molecule has 2 aromatic rings. The predicted molar refractivity (Wildman–Crippen MR) is 69.9 cm³/mol. The maximum atomic E-state index is 5.29. The normalized spacial score (nSPS) is 12.2. The summed E-state index contributed by atoms with van der Waals surface area (Å²) in [6.45, 7) is 4.78. The van der Waals surface area contributed by atoms with Crippen LogP contribution in [0.5, 0.6) is 0 Å². The van der Waals surface area contributed by atoms with E-state index in [0.717, 1.165) is 17.9 Å². The van der Waals surface area contributed by atoms with Crippen molar-refractivity contribution in [2.24, 2.45) is 5.84 Å². The molecule has 4 N–H and O–H groups in total. The monoisotopic (exact) mass is 247 g/mol. The van der Waals surface area contributed by atoms with E-state index in [2.05, 4.69) is 32.7 Å². The van der Waals surface area contributed by atoms with Gasteiger partial charge in [-0.1, -0.05) is 0 Å². The molecule has 0 aliphatic heterocycles. The fourth-order valence-electron chi connectivity index (χ4n) is 1.63. The highest BCUT2D eigenvalue weighted by Crippen LogP contribution is 2.13. The van der Waals surface area contributed by atoms with Gasteiger partial charge in [0.05, 0.1) is 6.54 Å². The van der Waals surface area contributed by atoms with E-state index in [-0.39, 0.29) is 6.04 Å². The summed E-state index contributed by atoms with van der Waals surface area (Å²) in [5, 5.41) is 7.48. The molecule has 0 bridgehead atoms. The largest absolute Gasteiger partial charge is 0.365 e. The van der Waals surface area contributed by atoms with Gasteiger partial charge in [0.2, 0.25) is 5.95 Å². The number of rotatable bonds is 5. The van der Waals surface area contributed by atoms with E-state index >= 15 is 0 Å². The first-order valence-electron chi connectivity index (χ1n) is 5.73. The van der Waals surface area contributed by atoms with Crippen molar-refractivity contribution < 1.29 is 0 Å². The van der Waals surface area contributed by atoms with Gasteiger partial charge < -0.3 is 5.32 Å². The number of hydrogen-bond donors (Lipinski definition) is 3. The molecule has 0 fully saturated rings. The Morgan fingerprint density at radius 1 is 1.50 bits per heavy atom. The quantitative estimate of drug-likeness (QED) is 0.533. The van der Waals surface area contributed by atoms with Crippen molar-refractivity contribution in [3.05, 3.63) is 30.2 Å². The molecule has 0 aromatic carbocycles. The molecule has 0 spiro atoms. The van der Waals surface area contributed by atoms with Crippen molar-refractivity contribution in [3.63, 3.8) is 0 Å². The number of nitrogens with zero attached hydrogens (tertiary/aromatic N) is 4. The fourth-order valence-corrected chi connectivity index (χ4v) is 1.63. The third-order valence-electron chi connectivity index (χ3n) is 2.50. The lowest BCUT2D eigenvalue weighted by Crippen LogP contribution is -2.24. The summed E-state index contributed by atoms with van der Waals surface area (Å²) in [6, 6.07) is 2.10. The second-order valence-corrected chi connectivity index (χ2v) is 4.14. The lowest BCUT2D eigenvalue weighted by Gasteiger charge is -2.16. The molecule has 96 valence electrons. The van der Waals surface area contributed by atoms with Crippen LogP contribution in [0.15, 0.2) is 24.7 Å². The van der Waals surface area contributed by atoms with Crippen LogP contribution in [-0.4, -0.2) is 25.8 Å². The van der Waals surface area contributed by atoms with Crippen LogP contribution in [0.4, 0.5) is 11.8 Å². The van der Waals surface area contributed by atoms with Crippen molar-refractivity contribution in [2.45, 2.75) is 26.4 Å². The van der Waals surface area contributed by atoms with Crippen LogP contribution < -0.4 is 16.6 Å². The molecule has 0 aliphatic carbocycles. The second kappa shape index (κ2) is 5.46. The average Bonchev–Trinajstić information content (AvgIpc) is 2.84. The van der Waals surface area contributed by atoms with Crippen molar-refractivity contribution in [2.75, 3.05) is 10.7 Å². The number of hydrazine groups is 1. The van der Waals surface area contributed by atoms with E-state index in [1.54, 1.807) is 12.4 Å². The minimum absolute atomic E-state index is 0.198. The van der Waals surface area contributed by atoms with E-state index in [4.69, 9.17) is 5.84 Å². The van der Waals surface area contributed by atoms with Crippen LogP contribution in [0.3, 0.4) is 0 Å². The molecule has 1 atom stereocenters. The highest BCUT2D eigenvalue weighted by atomic mass is 15.3. The van der Waals surface area contributed by atoms with Crippen LogP contribution in [0.2, 0.25) is 0 Å². The Hall–Kier alpha value is -2.15. The molecular weight excluding hydrogens is 230 g/mol. The average molecular weight is 247 g/mol. The number of nitrogens with two attached hydrogens (primary N) is 1. The molecule has 7 heteroatoms. The van der Waals surface area contributed by atoms with E-state index in [1.807, 2.05) is 23.9 Å². The zero-order chi connectivity index (χ0) is 13.0. The zero-order valence-corrected chi connectivity index (χ0v) is 10.5. The van der Waals surface area contributed by atoms with Crippen molar-refractivity contribution in [3.8, 4) is 0 Å². The number of anilines is 2. The van der Waals surface area contributed by atoms with Gasteiger partial charge in [0.15, 0.2) is 0 Å². The maximum absolute atomic E-state index is 5.29. The van der Waals surface area contributed by atoms with Crippen LogP contribution in [0.25, 0.3) is 0 Å². The Morgan fingerprint density at radius 3 is 3.00 bits per heavy atom. The number of aryl methyl sites for hydroxylation is 1. The third-order valence-corrected chi connectivity index (χ3v) is 2.50. The van der Waals surface area contributed by atoms with Crippen molar-refractivity contribution in [1.29, 1.82) is 0 Å². The van der Waals surface area contributed by atoms with Gasteiger partial charge in [-0.3, -0.25) is 10.1 Å². The first-order chi connectivity index (χ1) is 8.69. The number of nitrogens with one attached hydrogen (secondary N) is 2. The minimum atomic E-state index is 0.198. The summed E-state index contributed by atoms with van der Waals surface area (Å²) < 4.78 is 1.87. The number of aromatic nitrogens is 4. The van der Waals surface area contributed by atoms with Gasteiger partial charge in [0, 0.05) is 30.2 Å². The topological polar surface area (TPSA) is 93.7 Å². The van der Waals surface area contributed by atoms with Gasteiger partial charge >= 0.3 is 0 Å². The van der Waals surface area contributed by atoms with Gasteiger partial charge in [0.1, 0.15) is 5.82 Å². The first kappa shape index (κ1) is 12.3. The Labute approximate surface area is 105 Å². The van der Waals surface area contributed by atoms with Crippen LogP contribution in [0.1, 0.15) is 12.5 Å². The molecule has 7 nitrogen and oxygen atoms in total. The summed E-state index contributed by atoms with van der Waals surface area (Å²) in [7, 11) is 0. The molecule has 1 unspecified atom stereocenters. The Balaban J connectivity index is 2.04. The zero-order valence-electron chi connectivity index (χ0n) is 10.5. The molecule has 0 radical (unpaired) electrons. The highest BCUT2D eigenvalue weighted by molar-refractivity contribution is 5.46. The molecule has 2 rings (SSSR count). The van der Waals surface area contributed by atoms with Gasteiger partial charge in [0.25, 0.3) is 0 Å². The Morgan fingerprint density at radius 2 is 2.33 bits per heavy atom. The minimum Gasteiger partial charge on any atom is -0.365 e. The summed E-state index contributed by atoms with van der Waals surface area (Å²) >= 11 is 0. The predicted octanol–water partition coefficient (Wildman–Crippen LogP) is 0.768. The molecule has 2 heterocycles. The van der Waals surface area contributed by atoms with Gasteiger partial charge in [-0.25, -0.2) is 10.8 Å². The van der Waals surface area contributed by atoms with Gasteiger partial charge in [-0.05, 0) is 19.9 Å². The van der Waals surface area contributed by atoms with E-state index in [0.29, 0.717) is 5.95 Å². The summed E-state index contributed by atoms with van der Waals surface area (Å²) in [5.74, 6) is 6.47. The summed E-state index contributed by atoms with van der Waals surface area (Å²) in [5.41, 5.74) is 3.41. The standard InChI is InChI=1S/C11H17N7/c1-8-6-13-11(17-12)16-10(8)15-9(2)7-18-5-3-4-14-18/h3-6,9H,7,12H2,1-2H3,(H2,13,15,16,17). The summed E-state index contributed by atoms with van der Waals surface area (Å²) in [4.78, 5) is 8.31. The molecule has 0 aliphatic rings. The maximum Gasteiger partial charge on any atom is 0.239 e. The SMILES string of the molecule is Cc1cnc(NN)nc1NC(C)Cn1cccn1. The van der Waals surface area contributed by atoms with Crippen molar-refractivity contribution in [1.82, 2.24) is 19.7 Å². The molecule has 0 saturated carbocycles. The van der Waals surface area contributed by atoms with Crippen LogP contribution in [-0.2, 0) is 6.54 Å². The lowest BCUT2D eigenvalue weighted by atomic mass is 10.3. The van der Waals surface area contributed by atoms with Crippen LogP contribution in [0, 0.1) is 6.92 Å². The first-order valence-corrected chi connectivity index (χ1v) is 5.73. The van der Waals surface area contributed by atoms with E-state index in [9.17, 15) is 0 Å². The molecule has 18 heavy (non-hydrogen) atoms. The lowest BCUT2D eigenvalue weighted by molar-refractivity contribution is 0.559. The van der Waals surface area contributed by atoms with E-state index in [1.165, 1.54) is 0 Å². The van der Waals surface area contributed by atoms with Gasteiger partial charge in [-0.2, -0.15) is 10.1 Å². The fraction of sp³-hybridized carbons (Fsp3) is 0.364. The highest BCUT2D eigenvalue weighted by Gasteiger charge is 2.08. The molecule has 0 saturated heterocycles. The molecular formula is C11H17N7. The molecule has 2 aromatic heterocycles.